The Bertz CT molecular complexity index is 1180. The van der Waals surface area contributed by atoms with E-state index in [4.69, 9.17) is 21.2 Å². The van der Waals surface area contributed by atoms with Gasteiger partial charge in [-0.2, -0.15) is 4.98 Å². The maximum absolute atomic E-state index is 11.9. The number of amides is 2. The van der Waals surface area contributed by atoms with Crippen molar-refractivity contribution in [2.24, 2.45) is 11.5 Å². The van der Waals surface area contributed by atoms with E-state index in [2.05, 4.69) is 25.5 Å². The highest BCUT2D eigenvalue weighted by Gasteiger charge is 2.16. The Hall–Kier alpha value is -3.83. The van der Waals surface area contributed by atoms with Crippen LogP contribution in [-0.4, -0.2) is 64.0 Å². The summed E-state index contributed by atoms with van der Waals surface area (Å²) in [5.74, 6) is -0.874. The molecule has 1 fully saturated rings. The number of benzene rings is 1. The average Bonchev–Trinajstić information content (AvgIpc) is 2.79. The van der Waals surface area contributed by atoms with Gasteiger partial charge in [0, 0.05) is 36.9 Å². The number of nitrogens with one attached hydrogen (secondary N) is 2. The lowest BCUT2D eigenvalue weighted by atomic mass is 10.1. The summed E-state index contributed by atoms with van der Waals surface area (Å²) in [5.41, 5.74) is 13.4. The molecule has 1 aliphatic heterocycles. The van der Waals surface area contributed by atoms with Crippen LogP contribution < -0.4 is 22.1 Å². The minimum Gasteiger partial charge on any atom is -0.379 e. The van der Waals surface area contributed by atoms with E-state index in [9.17, 15) is 9.59 Å². The third-order valence-electron chi connectivity index (χ3n) is 5.33. The van der Waals surface area contributed by atoms with Crippen LogP contribution >= 0.6 is 0 Å². The molecule has 3 aromatic rings. The smallest absolute Gasteiger partial charge is 0.254 e. The fourth-order valence-electron chi connectivity index (χ4n) is 3.45. The minimum absolute atomic E-state index is 0.117. The summed E-state index contributed by atoms with van der Waals surface area (Å²) in [6, 6.07) is 9.00. The first-order valence-electron chi connectivity index (χ1n) is 10.6. The molecule has 0 radical (unpaired) electrons. The molecule has 1 aliphatic rings. The molecule has 11 nitrogen and oxygen atoms in total. The third kappa shape index (κ3) is 5.51. The molecule has 0 bridgehead atoms. The van der Waals surface area contributed by atoms with Gasteiger partial charge in [0.1, 0.15) is 17.4 Å². The maximum Gasteiger partial charge on any atom is 0.254 e. The predicted octanol–water partition coefficient (Wildman–Crippen LogP) is 0.985. The number of nitrogens with two attached hydrogens (primary N) is 2. The van der Waals surface area contributed by atoms with Crippen LogP contribution in [0.3, 0.4) is 0 Å². The second-order valence-corrected chi connectivity index (χ2v) is 7.81. The number of hydrogen-bond acceptors (Lipinski definition) is 9. The van der Waals surface area contributed by atoms with E-state index in [0.717, 1.165) is 49.4 Å². The van der Waals surface area contributed by atoms with Crippen molar-refractivity contribution in [3.05, 3.63) is 47.8 Å². The number of aromatic nitrogens is 3. The van der Waals surface area contributed by atoms with Crippen molar-refractivity contribution in [1.29, 1.82) is 0 Å². The largest absolute Gasteiger partial charge is 0.379 e. The van der Waals surface area contributed by atoms with Crippen molar-refractivity contribution in [3.8, 4) is 0 Å². The Morgan fingerprint density at radius 2 is 1.94 bits per heavy atom. The Balaban J connectivity index is 1.55. The number of carbonyl (C=O) groups excluding carboxylic acids is 2. The zero-order chi connectivity index (χ0) is 23.4. The molecular formula is C22H26N8O3. The Morgan fingerprint density at radius 1 is 1.15 bits per heavy atom. The highest BCUT2D eigenvalue weighted by molar-refractivity contribution is 5.98. The zero-order valence-corrected chi connectivity index (χ0v) is 18.2. The summed E-state index contributed by atoms with van der Waals surface area (Å²) in [7, 11) is 0. The summed E-state index contributed by atoms with van der Waals surface area (Å²) < 4.78 is 5.40. The van der Waals surface area contributed by atoms with Gasteiger partial charge in [-0.05, 0) is 31.2 Å². The van der Waals surface area contributed by atoms with Crippen LogP contribution in [0.25, 0.3) is 10.9 Å². The molecule has 0 spiro atoms. The molecule has 172 valence electrons. The number of pyridine rings is 1. The molecule has 1 aromatic carbocycles. The monoisotopic (exact) mass is 450 g/mol. The fraction of sp³-hybridized carbons (Fsp3) is 0.318. The number of primary amides is 2. The maximum atomic E-state index is 11.9. The van der Waals surface area contributed by atoms with Gasteiger partial charge >= 0.3 is 0 Å². The molecule has 6 N–H and O–H groups in total. The molecule has 0 saturated carbocycles. The highest BCUT2D eigenvalue weighted by Crippen LogP contribution is 2.24. The van der Waals surface area contributed by atoms with Gasteiger partial charge in [-0.1, -0.05) is 6.07 Å². The van der Waals surface area contributed by atoms with Crippen molar-refractivity contribution in [3.63, 3.8) is 0 Å². The first-order valence-corrected chi connectivity index (χ1v) is 10.6. The summed E-state index contributed by atoms with van der Waals surface area (Å²) in [6.45, 7) is 5.67. The van der Waals surface area contributed by atoms with E-state index >= 15 is 0 Å². The number of rotatable bonds is 8. The summed E-state index contributed by atoms with van der Waals surface area (Å²) >= 11 is 0. The third-order valence-corrected chi connectivity index (χ3v) is 5.33. The highest BCUT2D eigenvalue weighted by atomic mass is 16.5. The van der Waals surface area contributed by atoms with Crippen molar-refractivity contribution >= 4 is 40.2 Å². The van der Waals surface area contributed by atoms with E-state index in [1.165, 1.54) is 6.20 Å². The minimum atomic E-state index is -0.685. The van der Waals surface area contributed by atoms with Crippen LogP contribution in [-0.2, 0) is 16.1 Å². The van der Waals surface area contributed by atoms with Crippen LogP contribution in [0.15, 0.2) is 36.5 Å². The van der Waals surface area contributed by atoms with Gasteiger partial charge in [-0.15, -0.1) is 0 Å². The first-order chi connectivity index (χ1) is 15.9. The predicted molar refractivity (Wildman–Crippen MR) is 124 cm³/mol. The average molecular weight is 451 g/mol. The molecule has 2 aromatic heterocycles. The number of ether oxygens (including phenoxy) is 1. The lowest BCUT2D eigenvalue weighted by molar-refractivity contribution is -0.118. The molecule has 1 saturated heterocycles. The fourth-order valence-corrected chi connectivity index (χ4v) is 3.45. The SMILES string of the molecule is C[C@@H](Nc1ncc(C(N)=O)c(Nc2ccc3nc(CN4CCOCC4)ccc3c2)n1)C(N)=O. The van der Waals surface area contributed by atoms with Crippen LogP contribution in [0.4, 0.5) is 17.5 Å². The Morgan fingerprint density at radius 3 is 2.67 bits per heavy atom. The van der Waals surface area contributed by atoms with Gasteiger partial charge in [0.05, 0.1) is 24.4 Å². The Labute approximate surface area is 190 Å². The van der Waals surface area contributed by atoms with E-state index in [-0.39, 0.29) is 17.3 Å². The number of carbonyl (C=O) groups is 2. The number of fused-ring (bicyclic) bond motifs is 1. The van der Waals surface area contributed by atoms with Gasteiger partial charge in [-0.25, -0.2) is 4.98 Å². The molecule has 3 heterocycles. The van der Waals surface area contributed by atoms with E-state index < -0.39 is 17.9 Å². The summed E-state index contributed by atoms with van der Waals surface area (Å²) in [4.78, 5) is 38.6. The summed E-state index contributed by atoms with van der Waals surface area (Å²) in [6.07, 6.45) is 1.30. The van der Waals surface area contributed by atoms with Gasteiger partial charge in [0.15, 0.2) is 0 Å². The number of morpholine rings is 1. The van der Waals surface area contributed by atoms with Gasteiger partial charge in [-0.3, -0.25) is 19.5 Å². The van der Waals surface area contributed by atoms with Crippen molar-refractivity contribution in [2.45, 2.75) is 19.5 Å². The van der Waals surface area contributed by atoms with Crippen molar-refractivity contribution in [2.75, 3.05) is 36.9 Å². The van der Waals surface area contributed by atoms with Crippen LogP contribution in [0.1, 0.15) is 23.0 Å². The second kappa shape index (κ2) is 9.76. The lowest BCUT2D eigenvalue weighted by Gasteiger charge is -2.26. The first kappa shape index (κ1) is 22.4. The van der Waals surface area contributed by atoms with Gasteiger partial charge < -0.3 is 26.8 Å². The van der Waals surface area contributed by atoms with Gasteiger partial charge in [0.2, 0.25) is 11.9 Å². The topological polar surface area (TPSA) is 161 Å². The molecule has 1 atom stereocenters. The standard InChI is InChI=1S/C22H26N8O3/c1-13(19(23)31)26-22-25-11-17(20(24)32)21(29-22)28-15-4-5-18-14(10-15)2-3-16(27-18)12-30-6-8-33-9-7-30/h2-5,10-11,13H,6-9,12H2,1H3,(H2,23,31)(H2,24,32)(H2,25,26,28,29)/t13-/m1/s1. The Kier molecular flexibility index (Phi) is 6.61. The molecule has 11 heteroatoms. The molecule has 2 amide bonds. The van der Waals surface area contributed by atoms with Crippen LogP contribution in [0.5, 0.6) is 0 Å². The van der Waals surface area contributed by atoms with E-state index in [1.54, 1.807) is 6.92 Å². The second-order valence-electron chi connectivity index (χ2n) is 7.81. The number of hydrogen-bond donors (Lipinski definition) is 4. The molecule has 4 rings (SSSR count). The number of nitrogens with zero attached hydrogens (tertiary/aromatic N) is 4. The molecule has 0 aliphatic carbocycles. The van der Waals surface area contributed by atoms with Crippen LogP contribution in [0, 0.1) is 0 Å². The van der Waals surface area contributed by atoms with E-state index in [0.29, 0.717) is 5.69 Å². The van der Waals surface area contributed by atoms with E-state index in [1.807, 2.05) is 30.3 Å². The molecule has 33 heavy (non-hydrogen) atoms. The normalized spacial score (nSPS) is 15.2. The lowest BCUT2D eigenvalue weighted by Crippen LogP contribution is -2.35. The summed E-state index contributed by atoms with van der Waals surface area (Å²) in [5, 5.41) is 6.83. The van der Waals surface area contributed by atoms with Crippen LogP contribution in [0.2, 0.25) is 0 Å². The number of anilines is 3. The quantitative estimate of drug-likeness (QED) is 0.392. The van der Waals surface area contributed by atoms with Crippen molar-refractivity contribution < 1.29 is 14.3 Å². The molecular weight excluding hydrogens is 424 g/mol. The molecule has 0 unspecified atom stereocenters. The van der Waals surface area contributed by atoms with Crippen molar-refractivity contribution in [1.82, 2.24) is 19.9 Å². The van der Waals surface area contributed by atoms with Gasteiger partial charge in [0.25, 0.3) is 5.91 Å². The zero-order valence-electron chi connectivity index (χ0n) is 18.2.